The van der Waals surface area contributed by atoms with Crippen LogP contribution in [0.15, 0.2) is 237 Å². The molecule has 63 heavy (non-hydrogen) atoms. The van der Waals surface area contributed by atoms with E-state index in [-0.39, 0.29) is 0 Å². The van der Waals surface area contributed by atoms with Crippen LogP contribution in [0.5, 0.6) is 11.5 Å². The van der Waals surface area contributed by atoms with Gasteiger partial charge >= 0.3 is 0 Å². The highest BCUT2D eigenvalue weighted by molar-refractivity contribution is 6.05. The number of hydrogen-bond donors (Lipinski definition) is 0. The third-order valence-electron chi connectivity index (χ3n) is 13.5. The molecule has 0 atom stereocenters. The third-order valence-corrected chi connectivity index (χ3v) is 13.5. The van der Waals surface area contributed by atoms with Crippen LogP contribution in [0.1, 0.15) is 22.3 Å². The number of benzene rings is 11. The number of nitrogens with zero attached hydrogens (tertiary/aromatic N) is 1. The highest BCUT2D eigenvalue weighted by Gasteiger charge is 2.51. The van der Waals surface area contributed by atoms with Crippen LogP contribution in [-0.2, 0) is 5.41 Å². The molecule has 2 aliphatic rings. The van der Waals surface area contributed by atoms with Crippen molar-refractivity contribution in [3.63, 3.8) is 0 Å². The lowest BCUT2D eigenvalue weighted by molar-refractivity contribution is 0.436. The number of ether oxygens (including phenoxy) is 1. The predicted molar refractivity (Wildman–Crippen MR) is 262 cm³/mol. The molecule has 0 saturated carbocycles. The largest absolute Gasteiger partial charge is 0.457 e. The first kappa shape index (κ1) is 35.5. The molecule has 2 heteroatoms. The Morgan fingerprint density at radius 3 is 1.33 bits per heavy atom. The van der Waals surface area contributed by atoms with Crippen LogP contribution in [-0.4, -0.2) is 0 Å². The Labute approximate surface area is 366 Å². The number of fused-ring (bicyclic) bond motifs is 13. The molecule has 1 heterocycles. The van der Waals surface area contributed by atoms with Crippen molar-refractivity contribution in [2.75, 3.05) is 4.90 Å². The van der Waals surface area contributed by atoms with E-state index in [2.05, 4.69) is 241 Å². The maximum Gasteiger partial charge on any atom is 0.132 e. The van der Waals surface area contributed by atoms with Gasteiger partial charge in [0.2, 0.25) is 0 Å². The average molecular weight is 802 g/mol. The molecule has 11 aromatic rings. The van der Waals surface area contributed by atoms with Gasteiger partial charge in [0.05, 0.1) is 5.41 Å². The zero-order valence-electron chi connectivity index (χ0n) is 34.4. The first-order valence-electron chi connectivity index (χ1n) is 21.7. The molecular weight excluding hydrogens is 763 g/mol. The Morgan fingerprint density at radius 1 is 0.302 bits per heavy atom. The average Bonchev–Trinajstić information content (AvgIpc) is 3.64. The fraction of sp³-hybridized carbons (Fsp3) is 0.0164. The summed E-state index contributed by atoms with van der Waals surface area (Å²) in [4.78, 5) is 2.41. The third kappa shape index (κ3) is 5.45. The molecule has 1 spiro atoms. The van der Waals surface area contributed by atoms with Crippen molar-refractivity contribution in [2.45, 2.75) is 5.41 Å². The second kappa shape index (κ2) is 13.9. The van der Waals surface area contributed by atoms with Gasteiger partial charge < -0.3 is 9.64 Å². The fourth-order valence-electron chi connectivity index (χ4n) is 10.6. The fourth-order valence-corrected chi connectivity index (χ4v) is 10.6. The van der Waals surface area contributed by atoms with E-state index in [4.69, 9.17) is 4.74 Å². The summed E-state index contributed by atoms with van der Waals surface area (Å²) in [7, 11) is 0. The Balaban J connectivity index is 1.01. The minimum Gasteiger partial charge on any atom is -0.457 e. The second-order valence-corrected chi connectivity index (χ2v) is 16.8. The van der Waals surface area contributed by atoms with Crippen LogP contribution in [0.25, 0.3) is 65.7 Å². The topological polar surface area (TPSA) is 12.5 Å². The lowest BCUT2D eigenvalue weighted by atomic mass is 9.66. The number of anilines is 3. The lowest BCUT2D eigenvalue weighted by Crippen LogP contribution is -2.32. The molecule has 0 N–H and O–H groups in total. The zero-order chi connectivity index (χ0) is 41.5. The molecule has 0 unspecified atom stereocenters. The van der Waals surface area contributed by atoms with Gasteiger partial charge in [0.25, 0.3) is 0 Å². The Hall–Kier alpha value is -8.20. The van der Waals surface area contributed by atoms with Crippen molar-refractivity contribution in [3.8, 4) is 44.9 Å². The van der Waals surface area contributed by atoms with Crippen molar-refractivity contribution < 1.29 is 4.74 Å². The van der Waals surface area contributed by atoms with Gasteiger partial charge in [-0.2, -0.15) is 0 Å². The van der Waals surface area contributed by atoms with Crippen molar-refractivity contribution in [2.24, 2.45) is 0 Å². The zero-order valence-corrected chi connectivity index (χ0v) is 34.4. The molecule has 11 aromatic carbocycles. The van der Waals surface area contributed by atoms with Crippen LogP contribution in [0.3, 0.4) is 0 Å². The van der Waals surface area contributed by atoms with Gasteiger partial charge in [0.1, 0.15) is 11.5 Å². The molecule has 0 saturated heterocycles. The van der Waals surface area contributed by atoms with E-state index in [1.54, 1.807) is 0 Å². The van der Waals surface area contributed by atoms with Gasteiger partial charge in [-0.1, -0.05) is 176 Å². The number of rotatable bonds is 5. The van der Waals surface area contributed by atoms with Crippen LogP contribution < -0.4 is 9.64 Å². The highest BCUT2D eigenvalue weighted by Crippen LogP contribution is 2.63. The number of para-hydroxylation sites is 2. The normalized spacial score (nSPS) is 13.0. The van der Waals surface area contributed by atoms with Crippen LogP contribution in [0.4, 0.5) is 17.1 Å². The van der Waals surface area contributed by atoms with E-state index >= 15 is 0 Å². The Kier molecular flexibility index (Phi) is 7.85. The van der Waals surface area contributed by atoms with Crippen molar-refractivity contribution in [1.29, 1.82) is 0 Å². The molecule has 0 amide bonds. The highest BCUT2D eigenvalue weighted by atomic mass is 16.5. The molecule has 1 aliphatic heterocycles. The van der Waals surface area contributed by atoms with Crippen molar-refractivity contribution in [1.82, 2.24) is 0 Å². The molecule has 0 radical (unpaired) electrons. The second-order valence-electron chi connectivity index (χ2n) is 16.8. The summed E-state index contributed by atoms with van der Waals surface area (Å²) in [6, 6.07) is 86.6. The smallest absolute Gasteiger partial charge is 0.132 e. The summed E-state index contributed by atoms with van der Waals surface area (Å²) in [5.74, 6) is 1.79. The first-order chi connectivity index (χ1) is 31.2. The van der Waals surface area contributed by atoms with Gasteiger partial charge in [0.15, 0.2) is 0 Å². The van der Waals surface area contributed by atoms with Gasteiger partial charge in [-0.15, -0.1) is 0 Å². The van der Waals surface area contributed by atoms with Crippen LogP contribution in [0.2, 0.25) is 0 Å². The van der Waals surface area contributed by atoms with E-state index in [9.17, 15) is 0 Å². The van der Waals surface area contributed by atoms with Crippen molar-refractivity contribution >= 4 is 49.4 Å². The van der Waals surface area contributed by atoms with Gasteiger partial charge in [-0.05, 0) is 137 Å². The summed E-state index contributed by atoms with van der Waals surface area (Å²) in [5, 5.41) is 7.45. The minimum atomic E-state index is -0.563. The first-order valence-corrected chi connectivity index (χ1v) is 21.7. The summed E-state index contributed by atoms with van der Waals surface area (Å²) in [5.41, 5.74) is 14.9. The lowest BCUT2D eigenvalue weighted by Gasteiger charge is -2.39. The van der Waals surface area contributed by atoms with Gasteiger partial charge in [-0.25, -0.2) is 0 Å². The molecule has 294 valence electrons. The summed E-state index contributed by atoms with van der Waals surface area (Å²) in [6.45, 7) is 0. The van der Waals surface area contributed by atoms with Crippen LogP contribution >= 0.6 is 0 Å². The Bertz CT molecular complexity index is 3430. The molecule has 0 fully saturated rings. The van der Waals surface area contributed by atoms with E-state index in [1.807, 2.05) is 0 Å². The van der Waals surface area contributed by atoms with Crippen LogP contribution in [0, 0.1) is 0 Å². The van der Waals surface area contributed by atoms with Crippen molar-refractivity contribution in [3.05, 3.63) is 259 Å². The Morgan fingerprint density at radius 2 is 0.746 bits per heavy atom. The van der Waals surface area contributed by atoms with E-state index in [0.29, 0.717) is 0 Å². The van der Waals surface area contributed by atoms with Gasteiger partial charge in [-0.3, -0.25) is 0 Å². The van der Waals surface area contributed by atoms with E-state index in [1.165, 1.54) is 76.8 Å². The number of hydrogen-bond acceptors (Lipinski definition) is 2. The van der Waals surface area contributed by atoms with Gasteiger partial charge in [0, 0.05) is 28.2 Å². The summed E-state index contributed by atoms with van der Waals surface area (Å²) in [6.07, 6.45) is 0. The molecular formula is C61H39NO. The predicted octanol–water partition coefficient (Wildman–Crippen LogP) is 16.4. The molecule has 13 rings (SSSR count). The molecule has 2 nitrogen and oxygen atoms in total. The quantitative estimate of drug-likeness (QED) is 0.172. The molecule has 0 bridgehead atoms. The summed E-state index contributed by atoms with van der Waals surface area (Å²) < 4.78 is 6.68. The molecule has 0 aromatic heterocycles. The maximum atomic E-state index is 6.68. The maximum absolute atomic E-state index is 6.68. The molecule has 1 aliphatic carbocycles. The van der Waals surface area contributed by atoms with E-state index < -0.39 is 5.41 Å². The standard InChI is InChI=1S/C61H39NO/c1-3-14-45-37-47(23-21-40(45)11-1)42-25-30-49(31-26-42)62(50-32-27-43(28-33-50)48-24-22-41-12-2-4-15-46(41)38-48)51-34-36-54-53(39-51)60-52-16-6-5-13-44(52)29-35-57(60)61(54)55-17-7-9-19-58(55)63-59-20-10-8-18-56(59)61/h1-39H. The summed E-state index contributed by atoms with van der Waals surface area (Å²) >= 11 is 0. The van der Waals surface area contributed by atoms with E-state index in [0.717, 1.165) is 39.7 Å². The monoisotopic (exact) mass is 801 g/mol. The SMILES string of the molecule is c1ccc2c(c1)Oc1ccccc1C21c2ccc(N(c3ccc(-c4ccc5ccccc5c4)cc3)c3ccc(-c4ccc5ccccc5c4)cc3)cc2-c2c1ccc1ccccc21. The minimum absolute atomic E-state index is 0.563.